The Morgan fingerprint density at radius 3 is 2.81 bits per heavy atom. The van der Waals surface area contributed by atoms with Crippen molar-refractivity contribution in [3.8, 4) is 5.75 Å². The Balaban J connectivity index is 2.43. The number of hydrogen-bond acceptors (Lipinski definition) is 4. The zero-order chi connectivity index (χ0) is 15.7. The Bertz CT molecular complexity index is 435. The van der Waals surface area contributed by atoms with E-state index in [1.165, 1.54) is 0 Å². The van der Waals surface area contributed by atoms with Crippen LogP contribution in [0.1, 0.15) is 12.5 Å². The van der Waals surface area contributed by atoms with E-state index in [-0.39, 0.29) is 11.8 Å². The van der Waals surface area contributed by atoms with Gasteiger partial charge in [0.2, 0.25) is 5.91 Å². The molecule has 118 valence electrons. The number of nitrogens with one attached hydrogen (secondary N) is 2. The summed E-state index contributed by atoms with van der Waals surface area (Å²) in [5, 5.41) is 5.95. The second kappa shape index (κ2) is 9.37. The third-order valence-electron chi connectivity index (χ3n) is 3.13. The highest BCUT2D eigenvalue weighted by Gasteiger charge is 2.11. The lowest BCUT2D eigenvalue weighted by molar-refractivity contribution is -0.124. The molecule has 0 heterocycles. The first kappa shape index (κ1) is 17.5. The zero-order valence-corrected chi connectivity index (χ0v) is 13.5. The summed E-state index contributed by atoms with van der Waals surface area (Å²) >= 11 is 0. The van der Waals surface area contributed by atoms with E-state index in [2.05, 4.69) is 15.5 Å². The smallest absolute Gasteiger partial charge is 0.224 e. The molecule has 21 heavy (non-hydrogen) atoms. The van der Waals surface area contributed by atoms with Gasteiger partial charge in [0, 0.05) is 25.6 Å². The predicted molar refractivity (Wildman–Crippen MR) is 85.4 cm³/mol. The number of benzene rings is 1. The Labute approximate surface area is 127 Å². The summed E-state index contributed by atoms with van der Waals surface area (Å²) in [4.78, 5) is 13.9. The molecule has 1 aromatic carbocycles. The highest BCUT2D eigenvalue weighted by molar-refractivity contribution is 5.78. The van der Waals surface area contributed by atoms with Crippen LogP contribution in [0.4, 0.5) is 0 Å². The standard InChI is InChI=1S/C16H27N3O2/c1-13(11-17-2)16(20)18-12-14-6-5-7-15(10-14)21-9-8-19(3)4/h5-7,10,13,17H,8-9,11-12H2,1-4H3,(H,18,20). The number of likely N-dealkylation sites (N-methyl/N-ethyl adjacent to an activating group) is 1. The number of carbonyl (C=O) groups is 1. The molecule has 0 aliphatic heterocycles. The van der Waals surface area contributed by atoms with Gasteiger partial charge >= 0.3 is 0 Å². The van der Waals surface area contributed by atoms with Gasteiger partial charge in [-0.2, -0.15) is 0 Å². The summed E-state index contributed by atoms with van der Waals surface area (Å²) in [6.45, 7) is 4.65. The van der Waals surface area contributed by atoms with E-state index in [0.717, 1.165) is 17.9 Å². The van der Waals surface area contributed by atoms with Crippen LogP contribution in [0, 0.1) is 5.92 Å². The Hall–Kier alpha value is -1.59. The number of carbonyl (C=O) groups excluding carboxylic acids is 1. The zero-order valence-electron chi connectivity index (χ0n) is 13.5. The van der Waals surface area contributed by atoms with Gasteiger partial charge in [-0.15, -0.1) is 0 Å². The van der Waals surface area contributed by atoms with E-state index in [1.807, 2.05) is 52.3 Å². The van der Waals surface area contributed by atoms with Gasteiger partial charge in [-0.1, -0.05) is 19.1 Å². The SMILES string of the molecule is CNCC(C)C(=O)NCc1cccc(OCCN(C)C)c1. The molecule has 0 spiro atoms. The molecule has 1 rings (SSSR count). The van der Waals surface area contributed by atoms with E-state index in [4.69, 9.17) is 4.74 Å². The second-order valence-corrected chi connectivity index (χ2v) is 5.48. The van der Waals surface area contributed by atoms with Crippen molar-refractivity contribution in [3.05, 3.63) is 29.8 Å². The molecule has 1 unspecified atom stereocenters. The van der Waals surface area contributed by atoms with Crippen molar-refractivity contribution in [2.45, 2.75) is 13.5 Å². The molecule has 0 saturated carbocycles. The molecule has 0 aliphatic carbocycles. The molecular formula is C16H27N3O2. The van der Waals surface area contributed by atoms with Crippen molar-refractivity contribution in [1.82, 2.24) is 15.5 Å². The Morgan fingerprint density at radius 2 is 2.14 bits per heavy atom. The van der Waals surface area contributed by atoms with Gasteiger partial charge in [-0.3, -0.25) is 4.79 Å². The molecule has 0 aliphatic rings. The van der Waals surface area contributed by atoms with E-state index in [0.29, 0.717) is 19.7 Å². The molecule has 5 nitrogen and oxygen atoms in total. The summed E-state index contributed by atoms with van der Waals surface area (Å²) in [5.41, 5.74) is 1.04. The minimum atomic E-state index is -0.0328. The Kier molecular flexibility index (Phi) is 7.79. The van der Waals surface area contributed by atoms with Crippen LogP contribution in [0.15, 0.2) is 24.3 Å². The van der Waals surface area contributed by atoms with E-state index in [9.17, 15) is 4.79 Å². The van der Waals surface area contributed by atoms with Gasteiger partial charge in [0.1, 0.15) is 12.4 Å². The minimum absolute atomic E-state index is 0.0328. The van der Waals surface area contributed by atoms with E-state index >= 15 is 0 Å². The fraction of sp³-hybridized carbons (Fsp3) is 0.562. The fourth-order valence-electron chi connectivity index (χ4n) is 1.85. The maximum absolute atomic E-state index is 11.9. The minimum Gasteiger partial charge on any atom is -0.492 e. The molecule has 5 heteroatoms. The first-order valence-electron chi connectivity index (χ1n) is 7.31. The average Bonchev–Trinajstić information content (AvgIpc) is 2.45. The summed E-state index contributed by atoms with van der Waals surface area (Å²) in [5.74, 6) is 0.865. The molecule has 1 aromatic rings. The first-order valence-corrected chi connectivity index (χ1v) is 7.31. The van der Waals surface area contributed by atoms with Crippen molar-refractivity contribution < 1.29 is 9.53 Å². The normalized spacial score (nSPS) is 12.2. The lowest BCUT2D eigenvalue weighted by atomic mass is 10.1. The molecule has 0 bridgehead atoms. The Morgan fingerprint density at radius 1 is 1.38 bits per heavy atom. The number of amides is 1. The van der Waals surface area contributed by atoms with Crippen LogP contribution < -0.4 is 15.4 Å². The molecule has 0 saturated heterocycles. The number of hydrogen-bond donors (Lipinski definition) is 2. The van der Waals surface area contributed by atoms with Gasteiger partial charge in [0.25, 0.3) is 0 Å². The van der Waals surface area contributed by atoms with Crippen LogP contribution in [0.2, 0.25) is 0 Å². The van der Waals surface area contributed by atoms with Crippen LogP contribution in [-0.4, -0.2) is 51.6 Å². The van der Waals surface area contributed by atoms with E-state index in [1.54, 1.807) is 0 Å². The maximum atomic E-state index is 11.9. The lowest BCUT2D eigenvalue weighted by Gasteiger charge is -2.13. The molecule has 0 fully saturated rings. The topological polar surface area (TPSA) is 53.6 Å². The number of nitrogens with zero attached hydrogens (tertiary/aromatic N) is 1. The monoisotopic (exact) mass is 293 g/mol. The van der Waals surface area contributed by atoms with Gasteiger partial charge in [0.15, 0.2) is 0 Å². The van der Waals surface area contributed by atoms with Gasteiger partial charge < -0.3 is 20.3 Å². The largest absolute Gasteiger partial charge is 0.492 e. The average molecular weight is 293 g/mol. The van der Waals surface area contributed by atoms with Crippen molar-refractivity contribution in [1.29, 1.82) is 0 Å². The molecule has 1 atom stereocenters. The molecule has 1 amide bonds. The van der Waals surface area contributed by atoms with Crippen LogP contribution in [0.5, 0.6) is 5.75 Å². The maximum Gasteiger partial charge on any atom is 0.224 e. The highest BCUT2D eigenvalue weighted by Crippen LogP contribution is 2.13. The molecule has 2 N–H and O–H groups in total. The summed E-state index contributed by atoms with van der Waals surface area (Å²) in [6, 6.07) is 7.84. The third kappa shape index (κ3) is 7.11. The van der Waals surface area contributed by atoms with Gasteiger partial charge in [0.05, 0.1) is 0 Å². The van der Waals surface area contributed by atoms with E-state index < -0.39 is 0 Å². The van der Waals surface area contributed by atoms with Gasteiger partial charge in [-0.05, 0) is 38.8 Å². The second-order valence-electron chi connectivity index (χ2n) is 5.48. The van der Waals surface area contributed by atoms with Crippen LogP contribution in [-0.2, 0) is 11.3 Å². The van der Waals surface area contributed by atoms with Crippen molar-refractivity contribution in [2.75, 3.05) is 40.8 Å². The molecular weight excluding hydrogens is 266 g/mol. The van der Waals surface area contributed by atoms with Crippen LogP contribution >= 0.6 is 0 Å². The first-order chi connectivity index (χ1) is 10.0. The van der Waals surface area contributed by atoms with Crippen molar-refractivity contribution in [2.24, 2.45) is 5.92 Å². The van der Waals surface area contributed by atoms with Crippen molar-refractivity contribution >= 4 is 5.91 Å². The summed E-state index contributed by atoms with van der Waals surface area (Å²) in [6.07, 6.45) is 0. The fourth-order valence-corrected chi connectivity index (χ4v) is 1.85. The summed E-state index contributed by atoms with van der Waals surface area (Å²) in [7, 11) is 5.88. The summed E-state index contributed by atoms with van der Waals surface area (Å²) < 4.78 is 5.69. The van der Waals surface area contributed by atoms with Gasteiger partial charge in [-0.25, -0.2) is 0 Å². The number of rotatable bonds is 9. The predicted octanol–water partition coefficient (Wildman–Crippen LogP) is 1.10. The third-order valence-corrected chi connectivity index (χ3v) is 3.13. The van der Waals surface area contributed by atoms with Crippen LogP contribution in [0.25, 0.3) is 0 Å². The lowest BCUT2D eigenvalue weighted by Crippen LogP contribution is -2.33. The quantitative estimate of drug-likeness (QED) is 0.716. The molecule has 0 radical (unpaired) electrons. The highest BCUT2D eigenvalue weighted by atomic mass is 16.5. The molecule has 0 aromatic heterocycles. The number of ether oxygens (including phenoxy) is 1. The van der Waals surface area contributed by atoms with Crippen LogP contribution in [0.3, 0.4) is 0 Å². The van der Waals surface area contributed by atoms with Crippen molar-refractivity contribution in [3.63, 3.8) is 0 Å².